The number of carbonyl (C=O) groups is 1. The van der Waals surface area contributed by atoms with Gasteiger partial charge in [0.2, 0.25) is 5.79 Å². The van der Waals surface area contributed by atoms with Gasteiger partial charge in [-0.2, -0.15) is 13.2 Å². The second-order valence-corrected chi connectivity index (χ2v) is 10.3. The third kappa shape index (κ3) is 3.41. The number of alkyl halides is 3. The first-order valence-electron chi connectivity index (χ1n) is 11.7. The average molecular weight is 486 g/mol. The molecular formula is C24H29F3O7. The molecule has 1 N–H and O–H groups in total. The number of fused-ring (bicyclic) bond motifs is 2. The number of benzene rings is 1. The van der Waals surface area contributed by atoms with Crippen LogP contribution in [0, 0.1) is 23.7 Å². The second kappa shape index (κ2) is 7.89. The summed E-state index contributed by atoms with van der Waals surface area (Å²) in [6.07, 6.45) is -3.71. The molecule has 0 radical (unpaired) electrons. The number of ether oxygens (including phenoxy) is 3. The predicted octanol–water partition coefficient (Wildman–Crippen LogP) is 5.04. The highest BCUT2D eigenvalue weighted by Crippen LogP contribution is 2.64. The van der Waals surface area contributed by atoms with Crippen LogP contribution < -0.4 is 0 Å². The molecule has 10 heteroatoms. The molecule has 4 heterocycles. The van der Waals surface area contributed by atoms with Crippen LogP contribution in [0.3, 0.4) is 0 Å². The first kappa shape index (κ1) is 24.0. The molecular weight excluding hydrogens is 457 g/mol. The maximum Gasteiger partial charge on any atom is 0.443 e. The molecule has 4 saturated heterocycles. The molecule has 1 unspecified atom stereocenters. The number of carboxylic acids is 1. The zero-order valence-corrected chi connectivity index (χ0v) is 19.3. The van der Waals surface area contributed by atoms with Crippen molar-refractivity contribution in [3.8, 4) is 0 Å². The van der Waals surface area contributed by atoms with Crippen molar-refractivity contribution in [1.29, 1.82) is 0 Å². The van der Waals surface area contributed by atoms with E-state index in [1.807, 2.05) is 0 Å². The highest BCUT2D eigenvalue weighted by Gasteiger charge is 2.77. The van der Waals surface area contributed by atoms with Gasteiger partial charge in [-0.1, -0.05) is 26.0 Å². The number of hydrogen-bond acceptors (Lipinski definition) is 6. The van der Waals surface area contributed by atoms with Gasteiger partial charge < -0.3 is 19.3 Å². The maximum atomic E-state index is 14.8. The van der Waals surface area contributed by atoms with Crippen LogP contribution in [0.25, 0.3) is 0 Å². The lowest BCUT2D eigenvalue weighted by Crippen LogP contribution is -2.75. The van der Waals surface area contributed by atoms with E-state index < -0.39 is 54.1 Å². The van der Waals surface area contributed by atoms with Crippen molar-refractivity contribution in [3.05, 3.63) is 35.4 Å². The van der Waals surface area contributed by atoms with Crippen LogP contribution in [-0.4, -0.2) is 40.7 Å². The molecule has 0 amide bonds. The van der Waals surface area contributed by atoms with E-state index in [2.05, 4.69) is 6.92 Å². The van der Waals surface area contributed by atoms with E-state index in [-0.39, 0.29) is 17.4 Å². The third-order valence-corrected chi connectivity index (χ3v) is 8.31. The molecule has 1 saturated carbocycles. The summed E-state index contributed by atoms with van der Waals surface area (Å²) in [6, 6.07) is 5.52. The predicted molar refractivity (Wildman–Crippen MR) is 110 cm³/mol. The summed E-state index contributed by atoms with van der Waals surface area (Å²) >= 11 is 0. The van der Waals surface area contributed by atoms with Crippen LogP contribution in [0.2, 0.25) is 0 Å². The van der Waals surface area contributed by atoms with Gasteiger partial charge >= 0.3 is 12.1 Å². The summed E-state index contributed by atoms with van der Waals surface area (Å²) in [7, 11) is 0. The second-order valence-electron chi connectivity index (χ2n) is 10.3. The van der Waals surface area contributed by atoms with Gasteiger partial charge in [-0.25, -0.2) is 14.6 Å². The zero-order valence-electron chi connectivity index (χ0n) is 19.3. The summed E-state index contributed by atoms with van der Waals surface area (Å²) < 4.78 is 61.8. The number of aromatic carboxylic acids is 1. The van der Waals surface area contributed by atoms with E-state index in [4.69, 9.17) is 29.1 Å². The molecule has 4 aliphatic heterocycles. The van der Waals surface area contributed by atoms with Crippen molar-refractivity contribution < 1.29 is 47.1 Å². The van der Waals surface area contributed by atoms with Gasteiger partial charge in [0.05, 0.1) is 12.2 Å². The van der Waals surface area contributed by atoms with Gasteiger partial charge in [-0.05, 0) is 55.7 Å². The maximum absolute atomic E-state index is 14.8. The summed E-state index contributed by atoms with van der Waals surface area (Å²) in [6.45, 7) is 4.82. The molecule has 1 spiro atoms. The Bertz CT molecular complexity index is 953. The fourth-order valence-corrected chi connectivity index (χ4v) is 6.42. The molecule has 1 aromatic carbocycles. The molecule has 2 bridgehead atoms. The molecule has 1 aliphatic carbocycles. The van der Waals surface area contributed by atoms with Crippen LogP contribution in [-0.2, 0) is 30.6 Å². The highest BCUT2D eigenvalue weighted by molar-refractivity contribution is 5.87. The number of hydrogen-bond donors (Lipinski definition) is 1. The van der Waals surface area contributed by atoms with Crippen LogP contribution in [0.15, 0.2) is 24.3 Å². The molecule has 7 nitrogen and oxygen atoms in total. The van der Waals surface area contributed by atoms with Crippen molar-refractivity contribution in [2.75, 3.05) is 0 Å². The SMILES string of the molecule is C[C@@H]1CC[C@H]2[C@@H](C)[C@](OCc3ccc(C(=O)O)cc3)(C(F)(F)F)OC3O[C@]4(C)CC[C@@H]1[C@]32OO4. The van der Waals surface area contributed by atoms with E-state index in [0.717, 1.165) is 6.42 Å². The van der Waals surface area contributed by atoms with Crippen molar-refractivity contribution >= 4 is 5.97 Å². The van der Waals surface area contributed by atoms with Crippen molar-refractivity contribution in [3.63, 3.8) is 0 Å². The Kier molecular flexibility index (Phi) is 5.57. The standard InChI is InChI=1S/C24H29F3O7/c1-13-4-9-18-14(2)23(24(25,26)27,30-12-15-5-7-16(8-6-15)19(28)29)32-20-22(18)17(13)10-11-21(3,31-20)33-34-22/h5-8,13-14,17-18,20H,4,9-12H2,1-3H3,(H,28,29)/t13-,14-,17+,18+,20?,21+,22-,23-/m1/s1. The Balaban J connectivity index is 1.51. The molecule has 1 aromatic rings. The summed E-state index contributed by atoms with van der Waals surface area (Å²) in [4.78, 5) is 22.7. The van der Waals surface area contributed by atoms with Gasteiger partial charge in [-0.15, -0.1) is 0 Å². The lowest BCUT2D eigenvalue weighted by Gasteiger charge is -2.62. The quantitative estimate of drug-likeness (QED) is 0.597. The largest absolute Gasteiger partial charge is 0.478 e. The van der Waals surface area contributed by atoms with Crippen LogP contribution in [0.1, 0.15) is 62.4 Å². The first-order valence-corrected chi connectivity index (χ1v) is 11.7. The zero-order chi connectivity index (χ0) is 24.5. The summed E-state index contributed by atoms with van der Waals surface area (Å²) in [5.41, 5.74) is -0.710. The van der Waals surface area contributed by atoms with Gasteiger partial charge in [0.15, 0.2) is 11.9 Å². The number of carboxylic acid groups (broad SMARTS) is 1. The summed E-state index contributed by atoms with van der Waals surface area (Å²) in [5, 5.41) is 9.06. The molecule has 34 heavy (non-hydrogen) atoms. The van der Waals surface area contributed by atoms with Crippen LogP contribution in [0.4, 0.5) is 13.2 Å². The Morgan fingerprint density at radius 3 is 2.44 bits per heavy atom. The molecule has 8 atom stereocenters. The van der Waals surface area contributed by atoms with Crippen molar-refractivity contribution in [2.24, 2.45) is 23.7 Å². The number of rotatable bonds is 4. The van der Waals surface area contributed by atoms with Gasteiger partial charge in [0, 0.05) is 18.3 Å². The Labute approximate surface area is 195 Å². The number of halogens is 3. The average Bonchev–Trinajstić information content (AvgIpc) is 3.00. The monoisotopic (exact) mass is 486 g/mol. The minimum absolute atomic E-state index is 0.0363. The smallest absolute Gasteiger partial charge is 0.443 e. The van der Waals surface area contributed by atoms with E-state index >= 15 is 0 Å². The molecule has 5 aliphatic rings. The van der Waals surface area contributed by atoms with Crippen LogP contribution in [0.5, 0.6) is 0 Å². The lowest BCUT2D eigenvalue weighted by atomic mass is 9.57. The van der Waals surface area contributed by atoms with Crippen molar-refractivity contribution in [1.82, 2.24) is 0 Å². The molecule has 188 valence electrons. The molecule has 6 rings (SSSR count). The highest BCUT2D eigenvalue weighted by atomic mass is 19.4. The molecule has 5 fully saturated rings. The van der Waals surface area contributed by atoms with E-state index in [9.17, 15) is 18.0 Å². The minimum Gasteiger partial charge on any atom is -0.478 e. The molecule has 0 aromatic heterocycles. The minimum atomic E-state index is -4.86. The fourth-order valence-electron chi connectivity index (χ4n) is 6.42. The summed E-state index contributed by atoms with van der Waals surface area (Å²) in [5.74, 6) is -6.77. The van der Waals surface area contributed by atoms with Crippen LogP contribution >= 0.6 is 0 Å². The van der Waals surface area contributed by atoms with Gasteiger partial charge in [-0.3, -0.25) is 0 Å². The van der Waals surface area contributed by atoms with E-state index in [1.165, 1.54) is 31.2 Å². The topological polar surface area (TPSA) is 83.5 Å². The third-order valence-electron chi connectivity index (χ3n) is 8.31. The van der Waals surface area contributed by atoms with E-state index in [1.54, 1.807) is 6.92 Å². The Hall–Kier alpha value is -1.72. The van der Waals surface area contributed by atoms with Gasteiger partial charge in [0.25, 0.3) is 5.79 Å². The van der Waals surface area contributed by atoms with Crippen molar-refractivity contribution in [2.45, 2.75) is 82.7 Å². The Morgan fingerprint density at radius 1 is 1.09 bits per heavy atom. The normalized spacial score (nSPS) is 43.8. The van der Waals surface area contributed by atoms with Gasteiger partial charge in [0.1, 0.15) is 0 Å². The fraction of sp³-hybridized carbons (Fsp3) is 0.708. The first-order chi connectivity index (χ1) is 15.9. The van der Waals surface area contributed by atoms with E-state index in [0.29, 0.717) is 24.8 Å². The Morgan fingerprint density at radius 2 is 1.79 bits per heavy atom. The lowest BCUT2D eigenvalue weighted by molar-refractivity contribution is -0.599.